The minimum absolute atomic E-state index is 0.0801. The monoisotopic (exact) mass is 425 g/mol. The molecule has 0 radical (unpaired) electrons. The van der Waals surface area contributed by atoms with E-state index in [9.17, 15) is 4.79 Å². The van der Waals surface area contributed by atoms with Gasteiger partial charge in [-0.2, -0.15) is 0 Å². The molecule has 0 bridgehead atoms. The first kappa shape index (κ1) is 21.5. The van der Waals surface area contributed by atoms with Crippen molar-refractivity contribution >= 4 is 5.91 Å². The molecule has 4 aromatic rings. The Balaban J connectivity index is 1.32. The molecular formula is C27H27N3O2. The van der Waals surface area contributed by atoms with Crippen LogP contribution in [0, 0.1) is 13.8 Å². The van der Waals surface area contributed by atoms with E-state index in [-0.39, 0.29) is 5.91 Å². The number of ether oxygens (including phenoxy) is 1. The molecule has 1 N–H and O–H groups in total. The van der Waals surface area contributed by atoms with Crippen LogP contribution in [0.5, 0.6) is 0 Å². The van der Waals surface area contributed by atoms with Gasteiger partial charge in [0.2, 0.25) is 0 Å². The molecule has 1 amide bonds. The lowest BCUT2D eigenvalue weighted by Gasteiger charge is -2.10. The van der Waals surface area contributed by atoms with Gasteiger partial charge in [0.1, 0.15) is 0 Å². The Kier molecular flexibility index (Phi) is 6.78. The average molecular weight is 426 g/mol. The van der Waals surface area contributed by atoms with Crippen molar-refractivity contribution in [2.45, 2.75) is 33.6 Å². The second-order valence-electron chi connectivity index (χ2n) is 7.81. The molecule has 0 aliphatic heterocycles. The van der Waals surface area contributed by atoms with Crippen LogP contribution in [0.2, 0.25) is 0 Å². The van der Waals surface area contributed by atoms with Crippen molar-refractivity contribution in [3.05, 3.63) is 119 Å². The molecule has 0 saturated carbocycles. The first-order valence-corrected chi connectivity index (χ1v) is 10.7. The first-order valence-electron chi connectivity index (χ1n) is 10.7. The van der Waals surface area contributed by atoms with E-state index in [0.29, 0.717) is 25.3 Å². The molecule has 0 aliphatic rings. The molecule has 5 heteroatoms. The molecule has 0 saturated heterocycles. The number of aromatic nitrogens is 2. The predicted molar refractivity (Wildman–Crippen MR) is 126 cm³/mol. The van der Waals surface area contributed by atoms with Crippen molar-refractivity contribution in [1.82, 2.24) is 14.9 Å². The summed E-state index contributed by atoms with van der Waals surface area (Å²) in [6.45, 7) is 5.58. The maximum atomic E-state index is 12.8. The Bertz CT molecular complexity index is 1170. The fraction of sp³-hybridized carbons (Fsp3) is 0.185. The molecule has 0 unspecified atom stereocenters. The van der Waals surface area contributed by atoms with Gasteiger partial charge >= 0.3 is 0 Å². The van der Waals surface area contributed by atoms with E-state index >= 15 is 0 Å². The average Bonchev–Trinajstić information content (AvgIpc) is 3.13. The fourth-order valence-corrected chi connectivity index (χ4v) is 3.77. The van der Waals surface area contributed by atoms with Gasteiger partial charge in [-0.3, -0.25) is 9.78 Å². The molecule has 0 aliphatic carbocycles. The Morgan fingerprint density at radius 1 is 0.906 bits per heavy atom. The van der Waals surface area contributed by atoms with Crippen LogP contribution in [0.15, 0.2) is 85.2 Å². The zero-order valence-corrected chi connectivity index (χ0v) is 18.4. The zero-order chi connectivity index (χ0) is 22.3. The molecule has 2 aromatic heterocycles. The van der Waals surface area contributed by atoms with Crippen LogP contribution in [-0.4, -0.2) is 15.5 Å². The fourth-order valence-electron chi connectivity index (χ4n) is 3.77. The van der Waals surface area contributed by atoms with E-state index in [1.54, 1.807) is 12.4 Å². The molecule has 162 valence electrons. The van der Waals surface area contributed by atoms with Gasteiger partial charge in [-0.15, -0.1) is 0 Å². The molecule has 2 heterocycles. The summed E-state index contributed by atoms with van der Waals surface area (Å²) in [5, 5.41) is 3.03. The quantitative estimate of drug-likeness (QED) is 0.425. The van der Waals surface area contributed by atoms with Gasteiger partial charge in [-0.1, -0.05) is 54.6 Å². The number of amides is 1. The normalized spacial score (nSPS) is 10.8. The molecular weight excluding hydrogens is 398 g/mol. The van der Waals surface area contributed by atoms with Gasteiger partial charge in [-0.25, -0.2) is 0 Å². The number of rotatable bonds is 8. The molecule has 0 spiro atoms. The zero-order valence-electron chi connectivity index (χ0n) is 18.4. The summed E-state index contributed by atoms with van der Waals surface area (Å²) in [4.78, 5) is 17.0. The number of hydrogen-bond donors (Lipinski definition) is 1. The van der Waals surface area contributed by atoms with Crippen molar-refractivity contribution in [3.8, 4) is 5.69 Å². The van der Waals surface area contributed by atoms with Gasteiger partial charge in [-0.05, 0) is 48.7 Å². The van der Waals surface area contributed by atoms with Crippen molar-refractivity contribution in [2.24, 2.45) is 0 Å². The Hall–Kier alpha value is -3.70. The number of pyridine rings is 1. The Labute approximate surface area is 188 Å². The SMILES string of the molecule is Cc1cc(C(=O)NCc2ccc(COCc3ccccc3)cc2)c(C)n1-c1cccnc1. The number of benzene rings is 2. The maximum Gasteiger partial charge on any atom is 0.253 e. The smallest absolute Gasteiger partial charge is 0.253 e. The topological polar surface area (TPSA) is 56.1 Å². The summed E-state index contributed by atoms with van der Waals surface area (Å²) in [6, 6.07) is 24.1. The molecule has 4 rings (SSSR count). The minimum atomic E-state index is -0.0801. The standard InChI is InChI=1S/C27H27N3O2/c1-20-15-26(21(2)30(20)25-9-6-14-28-17-25)27(31)29-16-22-10-12-24(13-11-22)19-32-18-23-7-4-3-5-8-23/h3-15,17H,16,18-19H2,1-2H3,(H,29,31). The summed E-state index contributed by atoms with van der Waals surface area (Å²) in [5.41, 5.74) is 6.85. The number of hydrogen-bond acceptors (Lipinski definition) is 3. The molecule has 0 atom stereocenters. The second-order valence-corrected chi connectivity index (χ2v) is 7.81. The third-order valence-electron chi connectivity index (χ3n) is 5.44. The molecule has 2 aromatic carbocycles. The third-order valence-corrected chi connectivity index (χ3v) is 5.44. The van der Waals surface area contributed by atoms with Crippen LogP contribution < -0.4 is 5.32 Å². The number of nitrogens with one attached hydrogen (secondary N) is 1. The lowest BCUT2D eigenvalue weighted by molar-refractivity contribution is 0.0950. The highest BCUT2D eigenvalue weighted by Crippen LogP contribution is 2.20. The van der Waals surface area contributed by atoms with Crippen LogP contribution in [0.25, 0.3) is 5.69 Å². The molecule has 32 heavy (non-hydrogen) atoms. The van der Waals surface area contributed by atoms with Crippen molar-refractivity contribution < 1.29 is 9.53 Å². The van der Waals surface area contributed by atoms with E-state index in [1.807, 2.05) is 79.1 Å². The Morgan fingerprint density at radius 3 is 2.28 bits per heavy atom. The van der Waals surface area contributed by atoms with Gasteiger partial charge in [0.25, 0.3) is 5.91 Å². The highest BCUT2D eigenvalue weighted by molar-refractivity contribution is 5.95. The second kappa shape index (κ2) is 10.1. The van der Waals surface area contributed by atoms with Crippen LogP contribution in [0.4, 0.5) is 0 Å². The van der Waals surface area contributed by atoms with Crippen molar-refractivity contribution in [1.29, 1.82) is 0 Å². The summed E-state index contributed by atoms with van der Waals surface area (Å²) >= 11 is 0. The van der Waals surface area contributed by atoms with E-state index in [0.717, 1.165) is 33.8 Å². The molecule has 5 nitrogen and oxygen atoms in total. The van der Waals surface area contributed by atoms with Crippen LogP contribution in [0.1, 0.15) is 38.4 Å². The minimum Gasteiger partial charge on any atom is -0.372 e. The third kappa shape index (κ3) is 5.13. The lowest BCUT2D eigenvalue weighted by atomic mass is 10.1. The molecule has 0 fully saturated rings. The first-order chi connectivity index (χ1) is 15.6. The number of aryl methyl sites for hydroxylation is 1. The lowest BCUT2D eigenvalue weighted by Crippen LogP contribution is -2.23. The van der Waals surface area contributed by atoms with Crippen LogP contribution >= 0.6 is 0 Å². The van der Waals surface area contributed by atoms with Crippen molar-refractivity contribution in [2.75, 3.05) is 0 Å². The number of carbonyl (C=O) groups is 1. The van der Waals surface area contributed by atoms with Gasteiger partial charge < -0.3 is 14.6 Å². The summed E-state index contributed by atoms with van der Waals surface area (Å²) in [5.74, 6) is -0.0801. The van der Waals surface area contributed by atoms with Crippen LogP contribution in [0.3, 0.4) is 0 Å². The highest BCUT2D eigenvalue weighted by atomic mass is 16.5. The Morgan fingerprint density at radius 2 is 1.59 bits per heavy atom. The maximum absolute atomic E-state index is 12.8. The van der Waals surface area contributed by atoms with E-state index < -0.39 is 0 Å². The van der Waals surface area contributed by atoms with Gasteiger partial charge in [0.05, 0.1) is 30.7 Å². The van der Waals surface area contributed by atoms with E-state index in [4.69, 9.17) is 4.74 Å². The summed E-state index contributed by atoms with van der Waals surface area (Å²) < 4.78 is 7.84. The van der Waals surface area contributed by atoms with E-state index in [1.165, 1.54) is 0 Å². The summed E-state index contributed by atoms with van der Waals surface area (Å²) in [7, 11) is 0. The van der Waals surface area contributed by atoms with Gasteiger partial charge in [0.15, 0.2) is 0 Å². The van der Waals surface area contributed by atoms with Crippen LogP contribution in [-0.2, 0) is 24.5 Å². The van der Waals surface area contributed by atoms with E-state index in [2.05, 4.69) is 22.4 Å². The van der Waals surface area contributed by atoms with Crippen molar-refractivity contribution in [3.63, 3.8) is 0 Å². The number of carbonyl (C=O) groups excluding carboxylic acids is 1. The van der Waals surface area contributed by atoms with Gasteiger partial charge in [0, 0.05) is 24.1 Å². The summed E-state index contributed by atoms with van der Waals surface area (Å²) in [6.07, 6.45) is 3.54. The largest absolute Gasteiger partial charge is 0.372 e. The highest BCUT2D eigenvalue weighted by Gasteiger charge is 2.16. The predicted octanol–water partition coefficient (Wildman–Crippen LogP) is 5.14. The number of nitrogens with zero attached hydrogens (tertiary/aromatic N) is 2.